The van der Waals surface area contributed by atoms with Crippen LogP contribution in [0.25, 0.3) is 0 Å². The molecule has 0 atom stereocenters. The number of benzene rings is 1. The van der Waals surface area contributed by atoms with Gasteiger partial charge in [0.05, 0.1) is 35.4 Å². The van der Waals surface area contributed by atoms with E-state index in [2.05, 4.69) is 5.32 Å². The number of aliphatic imine (C=N–C) groups is 2. The third-order valence-corrected chi connectivity index (χ3v) is 4.26. The molecule has 0 amide bonds. The lowest BCUT2D eigenvalue weighted by Crippen LogP contribution is -2.35. The van der Waals surface area contributed by atoms with Gasteiger partial charge in [-0.2, -0.15) is 0 Å². The van der Waals surface area contributed by atoms with E-state index in [1.807, 2.05) is 24.3 Å². The summed E-state index contributed by atoms with van der Waals surface area (Å²) in [6, 6.07) is 8.46. The van der Waals surface area contributed by atoms with Gasteiger partial charge < -0.3 is 16.8 Å². The maximum absolute atomic E-state index is 5.88. The Kier molecular flexibility index (Phi) is 4.31. The number of rotatable bonds is 5. The van der Waals surface area contributed by atoms with Crippen LogP contribution in [0, 0.1) is 5.92 Å². The Morgan fingerprint density at radius 1 is 1.29 bits per heavy atom. The lowest BCUT2D eigenvalue weighted by atomic mass is 9.78. The van der Waals surface area contributed by atoms with Gasteiger partial charge in [-0.05, 0) is 43.9 Å². The Morgan fingerprint density at radius 2 is 2.10 bits per heavy atom. The molecule has 0 unspecified atom stereocenters. The van der Waals surface area contributed by atoms with Crippen molar-refractivity contribution in [1.29, 1.82) is 0 Å². The molecule has 2 aliphatic rings. The summed E-state index contributed by atoms with van der Waals surface area (Å²) in [6.45, 7) is 1.92. The maximum atomic E-state index is 5.88. The Morgan fingerprint density at radius 3 is 2.86 bits per heavy atom. The molecule has 1 aliphatic heterocycles. The van der Waals surface area contributed by atoms with Crippen molar-refractivity contribution in [2.24, 2.45) is 27.4 Å². The van der Waals surface area contributed by atoms with E-state index in [1.54, 1.807) is 0 Å². The van der Waals surface area contributed by atoms with Gasteiger partial charge in [0.2, 0.25) is 0 Å². The van der Waals surface area contributed by atoms with E-state index in [0.29, 0.717) is 19.1 Å². The molecule has 5 N–H and O–H groups in total. The molecule has 21 heavy (non-hydrogen) atoms. The molecular formula is C16H23N5. The highest BCUT2D eigenvalue weighted by Crippen LogP contribution is 2.33. The van der Waals surface area contributed by atoms with Crippen molar-refractivity contribution in [3.63, 3.8) is 0 Å². The van der Waals surface area contributed by atoms with Gasteiger partial charge >= 0.3 is 0 Å². The second-order valence-electron chi connectivity index (χ2n) is 5.78. The molecule has 1 aliphatic carbocycles. The highest BCUT2D eigenvalue weighted by atomic mass is 15.0. The number of para-hydroxylation sites is 2. The zero-order valence-corrected chi connectivity index (χ0v) is 12.3. The normalized spacial score (nSPS) is 24.7. The van der Waals surface area contributed by atoms with Crippen LogP contribution < -0.4 is 16.8 Å². The van der Waals surface area contributed by atoms with Crippen molar-refractivity contribution < 1.29 is 0 Å². The van der Waals surface area contributed by atoms with E-state index in [4.69, 9.17) is 21.5 Å². The quantitative estimate of drug-likeness (QED) is 0.720. The minimum atomic E-state index is 0.403. The highest BCUT2D eigenvalue weighted by Gasteiger charge is 2.28. The number of hydrogen-bond acceptors (Lipinski definition) is 5. The predicted molar refractivity (Wildman–Crippen MR) is 88.7 cm³/mol. The first-order chi connectivity index (χ1) is 10.3. The molecule has 1 fully saturated rings. The largest absolute Gasteiger partial charge is 0.378 e. The SMILES string of the molecule is NCCC1CC(/N=C(/CN)C2=Nc3ccccc3NC2)C1. The summed E-state index contributed by atoms with van der Waals surface area (Å²) in [7, 11) is 0. The molecule has 5 nitrogen and oxygen atoms in total. The second kappa shape index (κ2) is 6.37. The second-order valence-corrected chi connectivity index (χ2v) is 5.78. The van der Waals surface area contributed by atoms with Gasteiger partial charge in [-0.3, -0.25) is 4.99 Å². The summed E-state index contributed by atoms with van der Waals surface area (Å²) in [4.78, 5) is 9.52. The number of fused-ring (bicyclic) bond motifs is 1. The van der Waals surface area contributed by atoms with Crippen LogP contribution in [-0.4, -0.2) is 37.1 Å². The Bertz CT molecular complexity index is 558. The molecule has 1 aromatic rings. The summed E-state index contributed by atoms with van der Waals surface area (Å²) in [5.41, 5.74) is 15.4. The molecule has 0 aromatic heterocycles. The van der Waals surface area contributed by atoms with E-state index in [9.17, 15) is 0 Å². The lowest BCUT2D eigenvalue weighted by Gasteiger charge is -2.33. The molecule has 1 saturated carbocycles. The Labute approximate surface area is 125 Å². The lowest BCUT2D eigenvalue weighted by molar-refractivity contribution is 0.255. The minimum Gasteiger partial charge on any atom is -0.378 e. The first kappa shape index (κ1) is 14.2. The highest BCUT2D eigenvalue weighted by molar-refractivity contribution is 6.45. The number of hydrogen-bond donors (Lipinski definition) is 3. The number of nitrogens with zero attached hydrogens (tertiary/aromatic N) is 2. The summed E-state index contributed by atoms with van der Waals surface area (Å²) in [6.07, 6.45) is 3.38. The summed E-state index contributed by atoms with van der Waals surface area (Å²) in [5.74, 6) is 0.745. The molecule has 0 radical (unpaired) electrons. The van der Waals surface area contributed by atoms with Crippen LogP contribution in [0.5, 0.6) is 0 Å². The smallest absolute Gasteiger partial charge is 0.0865 e. The average molecular weight is 285 g/mol. The van der Waals surface area contributed by atoms with Gasteiger partial charge in [-0.25, -0.2) is 4.99 Å². The summed E-state index contributed by atoms with van der Waals surface area (Å²) in [5, 5.41) is 3.38. The van der Waals surface area contributed by atoms with Crippen LogP contribution in [-0.2, 0) is 0 Å². The topological polar surface area (TPSA) is 88.8 Å². The first-order valence-corrected chi connectivity index (χ1v) is 7.67. The number of nitrogens with two attached hydrogens (primary N) is 2. The van der Waals surface area contributed by atoms with Gasteiger partial charge in [0.15, 0.2) is 0 Å². The zero-order chi connectivity index (χ0) is 14.7. The number of nitrogens with one attached hydrogen (secondary N) is 1. The van der Waals surface area contributed by atoms with Crippen molar-refractivity contribution in [3.8, 4) is 0 Å². The van der Waals surface area contributed by atoms with Gasteiger partial charge in [-0.1, -0.05) is 12.1 Å². The van der Waals surface area contributed by atoms with Crippen molar-refractivity contribution >= 4 is 22.8 Å². The van der Waals surface area contributed by atoms with E-state index >= 15 is 0 Å². The van der Waals surface area contributed by atoms with Crippen molar-refractivity contribution in [2.75, 3.05) is 25.0 Å². The van der Waals surface area contributed by atoms with E-state index in [0.717, 1.165) is 54.5 Å². The summed E-state index contributed by atoms with van der Waals surface area (Å²) < 4.78 is 0. The summed E-state index contributed by atoms with van der Waals surface area (Å²) >= 11 is 0. The number of anilines is 1. The van der Waals surface area contributed by atoms with Gasteiger partial charge in [0.1, 0.15) is 0 Å². The molecule has 5 heteroatoms. The van der Waals surface area contributed by atoms with Crippen LogP contribution in [0.2, 0.25) is 0 Å². The third kappa shape index (κ3) is 3.14. The van der Waals surface area contributed by atoms with Crippen LogP contribution in [0.3, 0.4) is 0 Å². The Balaban J connectivity index is 1.72. The van der Waals surface area contributed by atoms with Crippen LogP contribution >= 0.6 is 0 Å². The molecular weight excluding hydrogens is 262 g/mol. The fraction of sp³-hybridized carbons (Fsp3) is 0.500. The van der Waals surface area contributed by atoms with E-state index < -0.39 is 0 Å². The van der Waals surface area contributed by atoms with E-state index in [1.165, 1.54) is 0 Å². The van der Waals surface area contributed by atoms with Crippen molar-refractivity contribution in [3.05, 3.63) is 24.3 Å². The molecule has 112 valence electrons. The van der Waals surface area contributed by atoms with Crippen LogP contribution in [0.1, 0.15) is 19.3 Å². The first-order valence-electron chi connectivity index (χ1n) is 7.67. The molecule has 1 heterocycles. The van der Waals surface area contributed by atoms with Gasteiger partial charge in [0, 0.05) is 6.54 Å². The molecule has 0 saturated heterocycles. The maximum Gasteiger partial charge on any atom is 0.0865 e. The van der Waals surface area contributed by atoms with Crippen LogP contribution in [0.4, 0.5) is 11.4 Å². The van der Waals surface area contributed by atoms with Crippen molar-refractivity contribution in [1.82, 2.24) is 0 Å². The molecule has 0 spiro atoms. The Hall–Kier alpha value is -1.72. The molecule has 3 rings (SSSR count). The van der Waals surface area contributed by atoms with Gasteiger partial charge in [-0.15, -0.1) is 0 Å². The third-order valence-electron chi connectivity index (χ3n) is 4.26. The fourth-order valence-corrected chi connectivity index (χ4v) is 2.99. The monoisotopic (exact) mass is 285 g/mol. The standard InChI is InChI=1S/C16H23N5/c17-6-5-11-7-12(8-11)20-15(9-18)16-10-19-13-3-1-2-4-14(13)21-16/h1-4,11-12,19H,5-10,17-18H2/b20-15-. The zero-order valence-electron chi connectivity index (χ0n) is 12.3. The molecule has 1 aromatic carbocycles. The van der Waals surface area contributed by atoms with Crippen molar-refractivity contribution in [2.45, 2.75) is 25.3 Å². The van der Waals surface area contributed by atoms with Gasteiger partial charge in [0.25, 0.3) is 0 Å². The van der Waals surface area contributed by atoms with E-state index in [-0.39, 0.29) is 0 Å². The fourth-order valence-electron chi connectivity index (χ4n) is 2.99. The molecule has 0 bridgehead atoms. The average Bonchev–Trinajstić information content (AvgIpc) is 2.49. The van der Waals surface area contributed by atoms with Crippen LogP contribution in [0.15, 0.2) is 34.3 Å². The predicted octanol–water partition coefficient (Wildman–Crippen LogP) is 1.71. The minimum absolute atomic E-state index is 0.403.